The number of unbranched alkanes of at least 4 members (excludes halogenated alkanes) is 7. The van der Waals surface area contributed by atoms with Crippen molar-refractivity contribution < 1.29 is 22.3 Å². The third-order valence-corrected chi connectivity index (χ3v) is 5.84. The van der Waals surface area contributed by atoms with E-state index in [2.05, 4.69) is 9.98 Å². The number of amidine groups is 1. The van der Waals surface area contributed by atoms with Crippen molar-refractivity contribution in [3.63, 3.8) is 0 Å². The van der Waals surface area contributed by atoms with Crippen molar-refractivity contribution >= 4 is 5.84 Å². The second kappa shape index (κ2) is 10.7. The zero-order valence-electron chi connectivity index (χ0n) is 18.4. The summed E-state index contributed by atoms with van der Waals surface area (Å²) in [5, 5.41) is 0. The van der Waals surface area contributed by atoms with Crippen molar-refractivity contribution in [2.45, 2.75) is 89.0 Å². The Morgan fingerprint density at radius 3 is 2.13 bits per heavy atom. The van der Waals surface area contributed by atoms with Crippen LogP contribution in [0.15, 0.2) is 17.1 Å². The van der Waals surface area contributed by atoms with E-state index in [4.69, 9.17) is 16.2 Å². The minimum Gasteiger partial charge on any atom is -0.385 e. The summed E-state index contributed by atoms with van der Waals surface area (Å²) in [7, 11) is 0. The van der Waals surface area contributed by atoms with Crippen LogP contribution in [-0.2, 0) is 16.7 Å². The smallest absolute Gasteiger partial charge is 0.385 e. The number of pyridine rings is 1. The standard InChI is InChI=1S/C22H34F4N4O/c1-20(15-31-21(2,19(28)30-20)22(24,25)26)18-17(23)13-12-16(29-18)11-9-7-5-3-4-6-8-10-14-27/h12-13H,3-11,14-15,27H2,1-2H3,(H2,28,30)/t20-,21+/m0/s1. The van der Waals surface area contributed by atoms with Crippen LogP contribution in [0, 0.1) is 5.82 Å². The maximum absolute atomic E-state index is 14.5. The molecule has 0 spiro atoms. The number of hydrogen-bond acceptors (Lipinski definition) is 5. The first-order valence-electron chi connectivity index (χ1n) is 11.0. The lowest BCUT2D eigenvalue weighted by atomic mass is 9.93. The second-order valence-corrected chi connectivity index (χ2v) is 8.59. The lowest BCUT2D eigenvalue weighted by molar-refractivity contribution is -0.249. The minimum atomic E-state index is -4.72. The van der Waals surface area contributed by atoms with Gasteiger partial charge in [-0.25, -0.2) is 4.39 Å². The van der Waals surface area contributed by atoms with E-state index in [0.717, 1.165) is 39.2 Å². The van der Waals surface area contributed by atoms with Gasteiger partial charge in [0.1, 0.15) is 22.9 Å². The number of aromatic nitrogens is 1. The molecular weight excluding hydrogens is 412 g/mol. The van der Waals surface area contributed by atoms with Gasteiger partial charge in [0, 0.05) is 5.69 Å². The fourth-order valence-electron chi connectivity index (χ4n) is 3.62. The molecule has 31 heavy (non-hydrogen) atoms. The number of aryl methyl sites for hydroxylation is 1. The molecular formula is C22H34F4N4O. The molecule has 0 bridgehead atoms. The summed E-state index contributed by atoms with van der Waals surface area (Å²) in [5.41, 5.74) is 7.62. The Morgan fingerprint density at radius 1 is 1.00 bits per heavy atom. The SMILES string of the molecule is C[C@@]1(c2nc(CCCCCCCCCCN)ccc2F)CO[C@@](C)(C(F)(F)F)C(N)=N1. The van der Waals surface area contributed by atoms with Gasteiger partial charge in [0.25, 0.3) is 0 Å². The maximum Gasteiger partial charge on any atom is 0.424 e. The van der Waals surface area contributed by atoms with Crippen LogP contribution < -0.4 is 11.5 Å². The van der Waals surface area contributed by atoms with Crippen LogP contribution in [0.2, 0.25) is 0 Å². The van der Waals surface area contributed by atoms with E-state index in [-0.39, 0.29) is 5.69 Å². The number of nitrogens with two attached hydrogens (primary N) is 2. The number of hydrogen-bond donors (Lipinski definition) is 2. The zero-order chi connectivity index (χ0) is 23.1. The van der Waals surface area contributed by atoms with E-state index in [1.165, 1.54) is 38.7 Å². The molecule has 0 fully saturated rings. The molecule has 0 saturated heterocycles. The molecule has 4 N–H and O–H groups in total. The fraction of sp³-hybridized carbons (Fsp3) is 0.727. The highest BCUT2D eigenvalue weighted by molar-refractivity contribution is 5.90. The molecule has 2 rings (SSSR count). The van der Waals surface area contributed by atoms with E-state index in [1.54, 1.807) is 6.07 Å². The topological polar surface area (TPSA) is 86.5 Å². The molecule has 1 aromatic rings. The van der Waals surface area contributed by atoms with Crippen molar-refractivity contribution in [1.82, 2.24) is 4.98 Å². The van der Waals surface area contributed by atoms with Crippen molar-refractivity contribution in [3.05, 3.63) is 29.3 Å². The predicted octanol–water partition coefficient (Wildman–Crippen LogP) is 4.77. The minimum absolute atomic E-state index is 0.0444. The summed E-state index contributed by atoms with van der Waals surface area (Å²) in [6.45, 7) is 2.58. The Morgan fingerprint density at radius 2 is 1.58 bits per heavy atom. The van der Waals surface area contributed by atoms with Crippen LogP contribution in [0.1, 0.15) is 76.6 Å². The largest absolute Gasteiger partial charge is 0.424 e. The van der Waals surface area contributed by atoms with E-state index < -0.39 is 35.6 Å². The Bertz CT molecular complexity index is 756. The second-order valence-electron chi connectivity index (χ2n) is 8.59. The first kappa shape index (κ1) is 25.5. The fourth-order valence-corrected chi connectivity index (χ4v) is 3.62. The zero-order valence-corrected chi connectivity index (χ0v) is 18.4. The van der Waals surface area contributed by atoms with Crippen molar-refractivity contribution in [3.8, 4) is 0 Å². The summed E-state index contributed by atoms with van der Waals surface area (Å²) in [5.74, 6) is -1.37. The molecule has 1 aromatic heterocycles. The first-order valence-corrected chi connectivity index (χ1v) is 11.0. The monoisotopic (exact) mass is 446 g/mol. The molecule has 2 heterocycles. The van der Waals surface area contributed by atoms with Crippen LogP contribution in [0.25, 0.3) is 0 Å². The average molecular weight is 447 g/mol. The first-order chi connectivity index (χ1) is 14.5. The molecule has 1 aliphatic rings. The average Bonchev–Trinajstić information content (AvgIpc) is 2.70. The highest BCUT2D eigenvalue weighted by Gasteiger charge is 2.59. The summed E-state index contributed by atoms with van der Waals surface area (Å²) in [6, 6.07) is 2.88. The summed E-state index contributed by atoms with van der Waals surface area (Å²) >= 11 is 0. The molecule has 0 saturated carbocycles. The van der Waals surface area contributed by atoms with Crippen LogP contribution in [0.3, 0.4) is 0 Å². The van der Waals surface area contributed by atoms with Gasteiger partial charge in [-0.15, -0.1) is 0 Å². The molecule has 0 aromatic carbocycles. The highest BCUT2D eigenvalue weighted by atomic mass is 19.4. The van der Waals surface area contributed by atoms with Crippen LogP contribution in [-0.4, -0.2) is 35.7 Å². The van der Waals surface area contributed by atoms with Crippen molar-refractivity contribution in [1.29, 1.82) is 0 Å². The van der Waals surface area contributed by atoms with Gasteiger partial charge in [0.05, 0.1) is 6.61 Å². The molecule has 9 heteroatoms. The van der Waals surface area contributed by atoms with Gasteiger partial charge in [-0.1, -0.05) is 38.5 Å². The molecule has 1 aliphatic heterocycles. The van der Waals surface area contributed by atoms with Gasteiger partial charge in [-0.2, -0.15) is 13.2 Å². The van der Waals surface area contributed by atoms with Gasteiger partial charge >= 0.3 is 6.18 Å². The summed E-state index contributed by atoms with van der Waals surface area (Å²) < 4.78 is 59.5. The van der Waals surface area contributed by atoms with Crippen LogP contribution >= 0.6 is 0 Å². The van der Waals surface area contributed by atoms with Gasteiger partial charge in [0.15, 0.2) is 0 Å². The Balaban J connectivity index is 1.97. The molecule has 0 radical (unpaired) electrons. The highest BCUT2D eigenvalue weighted by Crippen LogP contribution is 2.40. The molecule has 5 nitrogen and oxygen atoms in total. The predicted molar refractivity (Wildman–Crippen MR) is 113 cm³/mol. The van der Waals surface area contributed by atoms with Crippen LogP contribution in [0.4, 0.5) is 17.6 Å². The Kier molecular flexibility index (Phi) is 8.83. The molecule has 176 valence electrons. The quantitative estimate of drug-likeness (QED) is 0.379. The normalized spacial score (nSPS) is 24.3. The molecule has 2 atom stereocenters. The third kappa shape index (κ3) is 6.38. The van der Waals surface area contributed by atoms with E-state index in [9.17, 15) is 17.6 Å². The number of ether oxygens (including phenoxy) is 1. The lowest BCUT2D eigenvalue weighted by Crippen LogP contribution is -2.60. The lowest BCUT2D eigenvalue weighted by Gasteiger charge is -2.40. The summed E-state index contributed by atoms with van der Waals surface area (Å²) in [4.78, 5) is 8.37. The van der Waals surface area contributed by atoms with Crippen molar-refractivity contribution in [2.24, 2.45) is 16.5 Å². The van der Waals surface area contributed by atoms with Gasteiger partial charge in [-0.05, 0) is 51.8 Å². The van der Waals surface area contributed by atoms with E-state index in [1.807, 2.05) is 0 Å². The van der Waals surface area contributed by atoms with Gasteiger partial charge in [-0.3, -0.25) is 9.98 Å². The summed E-state index contributed by atoms with van der Waals surface area (Å²) in [6.07, 6.45) is 4.85. The van der Waals surface area contributed by atoms with Gasteiger partial charge < -0.3 is 16.2 Å². The van der Waals surface area contributed by atoms with Crippen LogP contribution in [0.5, 0.6) is 0 Å². The number of rotatable bonds is 11. The van der Waals surface area contributed by atoms with Crippen molar-refractivity contribution in [2.75, 3.05) is 13.2 Å². The number of nitrogens with zero attached hydrogens (tertiary/aromatic N) is 2. The molecule has 0 amide bonds. The van der Waals surface area contributed by atoms with E-state index >= 15 is 0 Å². The molecule has 0 unspecified atom stereocenters. The third-order valence-electron chi connectivity index (χ3n) is 5.84. The van der Waals surface area contributed by atoms with E-state index in [0.29, 0.717) is 12.1 Å². The number of aliphatic imine (C=N–C) groups is 1. The number of halogens is 4. The Hall–Kier alpha value is -1.74. The maximum atomic E-state index is 14.5. The van der Waals surface area contributed by atoms with Gasteiger partial charge in [0.2, 0.25) is 5.60 Å². The number of alkyl halides is 3. The Labute approximate surface area is 181 Å². The molecule has 0 aliphatic carbocycles.